The summed E-state index contributed by atoms with van der Waals surface area (Å²) in [5.74, 6) is 9.14. The lowest BCUT2D eigenvalue weighted by Gasteiger charge is -2.21. The molecule has 2 fully saturated rings. The molecular weight excluding hydrogens is 260 g/mol. The molecule has 1 heterocycles. The van der Waals surface area contributed by atoms with Crippen LogP contribution in [0.1, 0.15) is 31.1 Å². The summed E-state index contributed by atoms with van der Waals surface area (Å²) in [7, 11) is 0. The van der Waals surface area contributed by atoms with E-state index >= 15 is 0 Å². The quantitative estimate of drug-likeness (QED) is 0.665. The molecule has 0 saturated heterocycles. The fourth-order valence-corrected chi connectivity index (χ4v) is 3.91. The van der Waals surface area contributed by atoms with Gasteiger partial charge in [-0.3, -0.25) is 5.84 Å². The Balaban J connectivity index is 1.69. The summed E-state index contributed by atoms with van der Waals surface area (Å²) >= 11 is 6.16. The van der Waals surface area contributed by atoms with Crippen molar-refractivity contribution in [2.24, 2.45) is 23.6 Å². The van der Waals surface area contributed by atoms with Gasteiger partial charge in [-0.2, -0.15) is 0 Å². The SMILES string of the molecule is NNC(c1cc2cccc(Cl)c2o1)C1CC2CC2C1. The molecule has 0 bridgehead atoms. The highest BCUT2D eigenvalue weighted by atomic mass is 35.5. The Morgan fingerprint density at radius 1 is 1.26 bits per heavy atom. The van der Waals surface area contributed by atoms with Gasteiger partial charge in [0.2, 0.25) is 0 Å². The van der Waals surface area contributed by atoms with Gasteiger partial charge in [0.05, 0.1) is 11.1 Å². The summed E-state index contributed by atoms with van der Waals surface area (Å²) in [6, 6.07) is 7.99. The van der Waals surface area contributed by atoms with Crippen molar-refractivity contribution in [1.82, 2.24) is 5.43 Å². The molecular formula is C15H17ClN2O. The minimum absolute atomic E-state index is 0.108. The molecule has 2 aromatic rings. The highest BCUT2D eigenvalue weighted by Crippen LogP contribution is 2.57. The highest BCUT2D eigenvalue weighted by molar-refractivity contribution is 6.34. The Labute approximate surface area is 117 Å². The van der Waals surface area contributed by atoms with Crippen LogP contribution in [0, 0.1) is 17.8 Å². The van der Waals surface area contributed by atoms with Crippen LogP contribution in [0.2, 0.25) is 5.02 Å². The van der Waals surface area contributed by atoms with Gasteiger partial charge in [0, 0.05) is 5.39 Å². The van der Waals surface area contributed by atoms with Gasteiger partial charge in [-0.1, -0.05) is 23.7 Å². The van der Waals surface area contributed by atoms with E-state index in [-0.39, 0.29) is 6.04 Å². The summed E-state index contributed by atoms with van der Waals surface area (Å²) in [6.07, 6.45) is 3.95. The van der Waals surface area contributed by atoms with E-state index in [1.54, 1.807) is 0 Å². The van der Waals surface area contributed by atoms with Gasteiger partial charge in [-0.15, -0.1) is 0 Å². The Kier molecular flexibility index (Phi) is 2.62. The van der Waals surface area contributed by atoms with Crippen molar-refractivity contribution in [3.63, 3.8) is 0 Å². The number of nitrogens with one attached hydrogen (secondary N) is 1. The summed E-state index contributed by atoms with van der Waals surface area (Å²) in [6.45, 7) is 0. The molecule has 19 heavy (non-hydrogen) atoms. The van der Waals surface area contributed by atoms with E-state index in [0.29, 0.717) is 10.9 Å². The maximum Gasteiger partial charge on any atom is 0.152 e. The van der Waals surface area contributed by atoms with Crippen molar-refractivity contribution in [2.75, 3.05) is 0 Å². The fourth-order valence-electron chi connectivity index (χ4n) is 3.69. The van der Waals surface area contributed by atoms with Crippen LogP contribution < -0.4 is 11.3 Å². The molecule has 3 atom stereocenters. The molecule has 100 valence electrons. The van der Waals surface area contributed by atoms with E-state index in [4.69, 9.17) is 21.9 Å². The Hall–Kier alpha value is -1.03. The largest absolute Gasteiger partial charge is 0.458 e. The van der Waals surface area contributed by atoms with E-state index in [1.807, 2.05) is 18.2 Å². The van der Waals surface area contributed by atoms with Gasteiger partial charge in [0.15, 0.2) is 5.58 Å². The van der Waals surface area contributed by atoms with Crippen LogP contribution in [-0.4, -0.2) is 0 Å². The zero-order valence-electron chi connectivity index (χ0n) is 10.6. The third-order valence-electron chi connectivity index (χ3n) is 4.75. The standard InChI is InChI=1S/C15H17ClN2O/c16-12-3-1-2-8-7-13(19-15(8)12)14(18-17)11-5-9-4-10(9)6-11/h1-3,7,9-11,14,18H,4-6,17H2. The lowest BCUT2D eigenvalue weighted by Crippen LogP contribution is -2.32. The number of hydrogen-bond donors (Lipinski definition) is 2. The molecule has 2 saturated carbocycles. The number of nitrogens with two attached hydrogens (primary N) is 1. The number of halogens is 1. The number of para-hydroxylation sites is 1. The number of fused-ring (bicyclic) bond motifs is 2. The van der Waals surface area contributed by atoms with Gasteiger partial charge < -0.3 is 4.42 Å². The third-order valence-corrected chi connectivity index (χ3v) is 5.05. The minimum atomic E-state index is 0.108. The van der Waals surface area contributed by atoms with Crippen LogP contribution in [0.5, 0.6) is 0 Å². The monoisotopic (exact) mass is 276 g/mol. The number of furan rings is 1. The molecule has 0 aliphatic heterocycles. The zero-order chi connectivity index (χ0) is 13.0. The summed E-state index contributed by atoms with van der Waals surface area (Å²) < 4.78 is 5.94. The second-order valence-corrected chi connectivity index (χ2v) is 6.35. The van der Waals surface area contributed by atoms with E-state index in [1.165, 1.54) is 19.3 Å². The fraction of sp³-hybridized carbons (Fsp3) is 0.467. The zero-order valence-corrected chi connectivity index (χ0v) is 11.4. The Morgan fingerprint density at radius 3 is 2.74 bits per heavy atom. The molecule has 0 radical (unpaired) electrons. The predicted octanol–water partition coefficient (Wildman–Crippen LogP) is 3.64. The summed E-state index contributed by atoms with van der Waals surface area (Å²) in [4.78, 5) is 0. The molecule has 2 aliphatic carbocycles. The van der Waals surface area contributed by atoms with Crippen molar-refractivity contribution in [1.29, 1.82) is 0 Å². The Morgan fingerprint density at radius 2 is 2.05 bits per heavy atom. The lowest BCUT2D eigenvalue weighted by molar-refractivity contribution is 0.304. The molecule has 4 rings (SSSR count). The van der Waals surface area contributed by atoms with Crippen LogP contribution in [0.15, 0.2) is 28.7 Å². The van der Waals surface area contributed by atoms with Gasteiger partial charge in [-0.05, 0) is 49.1 Å². The van der Waals surface area contributed by atoms with Gasteiger partial charge in [0.1, 0.15) is 5.76 Å². The molecule has 4 heteroatoms. The molecule has 0 spiro atoms. The Bertz CT molecular complexity index is 614. The molecule has 2 aliphatic rings. The number of benzene rings is 1. The maximum absolute atomic E-state index is 6.16. The smallest absolute Gasteiger partial charge is 0.152 e. The lowest BCUT2D eigenvalue weighted by atomic mass is 9.93. The van der Waals surface area contributed by atoms with Crippen molar-refractivity contribution in [3.05, 3.63) is 35.0 Å². The van der Waals surface area contributed by atoms with E-state index in [2.05, 4.69) is 11.5 Å². The first kappa shape index (κ1) is 11.8. The molecule has 1 aromatic carbocycles. The van der Waals surface area contributed by atoms with Crippen LogP contribution in [0.3, 0.4) is 0 Å². The normalized spacial score (nSPS) is 30.5. The van der Waals surface area contributed by atoms with Crippen molar-refractivity contribution < 1.29 is 4.42 Å². The first-order valence-electron chi connectivity index (χ1n) is 6.90. The maximum atomic E-state index is 6.16. The van der Waals surface area contributed by atoms with Gasteiger partial charge in [-0.25, -0.2) is 5.43 Å². The average molecular weight is 277 g/mol. The second kappa shape index (κ2) is 4.23. The van der Waals surface area contributed by atoms with Crippen molar-refractivity contribution in [2.45, 2.75) is 25.3 Å². The first-order valence-corrected chi connectivity index (χ1v) is 7.28. The number of hydrogen-bond acceptors (Lipinski definition) is 3. The van der Waals surface area contributed by atoms with E-state index in [0.717, 1.165) is 28.6 Å². The first-order chi connectivity index (χ1) is 9.26. The van der Waals surface area contributed by atoms with E-state index < -0.39 is 0 Å². The summed E-state index contributed by atoms with van der Waals surface area (Å²) in [5.41, 5.74) is 3.71. The summed E-state index contributed by atoms with van der Waals surface area (Å²) in [5, 5.41) is 1.71. The van der Waals surface area contributed by atoms with Crippen LogP contribution in [0.25, 0.3) is 11.0 Å². The van der Waals surface area contributed by atoms with Crippen molar-refractivity contribution in [3.8, 4) is 0 Å². The number of rotatable bonds is 3. The average Bonchev–Trinajstić information content (AvgIpc) is 2.85. The van der Waals surface area contributed by atoms with Gasteiger partial charge in [0.25, 0.3) is 0 Å². The molecule has 3 nitrogen and oxygen atoms in total. The number of hydrazine groups is 1. The van der Waals surface area contributed by atoms with Crippen LogP contribution in [-0.2, 0) is 0 Å². The van der Waals surface area contributed by atoms with Gasteiger partial charge >= 0.3 is 0 Å². The molecule has 3 N–H and O–H groups in total. The highest BCUT2D eigenvalue weighted by Gasteiger charge is 2.48. The molecule has 3 unspecified atom stereocenters. The van der Waals surface area contributed by atoms with Crippen LogP contribution in [0.4, 0.5) is 0 Å². The minimum Gasteiger partial charge on any atom is -0.458 e. The van der Waals surface area contributed by atoms with Crippen LogP contribution >= 0.6 is 11.6 Å². The van der Waals surface area contributed by atoms with E-state index in [9.17, 15) is 0 Å². The molecule has 0 amide bonds. The van der Waals surface area contributed by atoms with Crippen molar-refractivity contribution >= 4 is 22.6 Å². The second-order valence-electron chi connectivity index (χ2n) is 5.94. The molecule has 1 aromatic heterocycles. The predicted molar refractivity (Wildman–Crippen MR) is 75.6 cm³/mol. The third kappa shape index (κ3) is 1.88. The topological polar surface area (TPSA) is 51.2 Å².